The van der Waals surface area contributed by atoms with Gasteiger partial charge in [0, 0.05) is 4.90 Å². The largest absolute Gasteiger partial charge is 0.362 e. The van der Waals surface area contributed by atoms with Crippen molar-refractivity contribution in [2.75, 3.05) is 5.43 Å². The Hall–Kier alpha value is -2.47. The molecule has 0 atom stereocenters. The van der Waals surface area contributed by atoms with E-state index in [1.807, 2.05) is 60.7 Å². The standard InChI is InChI=1S/C15H14N4OS/c20-15-17-16-14(11-21-13-9-5-2-6-10-13)19(15)18-12-7-3-1-4-8-12/h1-10,18H,11H2,(H,17,20). The number of nitrogens with zero attached hydrogens (tertiary/aromatic N) is 2. The number of rotatable bonds is 5. The summed E-state index contributed by atoms with van der Waals surface area (Å²) in [4.78, 5) is 13.0. The van der Waals surface area contributed by atoms with Crippen LogP contribution in [0.4, 0.5) is 5.69 Å². The Labute approximate surface area is 126 Å². The highest BCUT2D eigenvalue weighted by Crippen LogP contribution is 2.20. The minimum atomic E-state index is -0.275. The summed E-state index contributed by atoms with van der Waals surface area (Å²) in [5.74, 6) is 1.25. The van der Waals surface area contributed by atoms with Crippen LogP contribution in [0.5, 0.6) is 0 Å². The smallest absolute Gasteiger partial charge is 0.289 e. The second-order valence-electron chi connectivity index (χ2n) is 4.36. The third-order valence-electron chi connectivity index (χ3n) is 2.87. The van der Waals surface area contributed by atoms with E-state index in [1.54, 1.807) is 11.8 Å². The van der Waals surface area contributed by atoms with Gasteiger partial charge in [0.05, 0.1) is 11.4 Å². The first-order valence-electron chi connectivity index (χ1n) is 6.49. The average molecular weight is 298 g/mol. The van der Waals surface area contributed by atoms with E-state index in [0.717, 1.165) is 10.6 Å². The third-order valence-corrected chi connectivity index (χ3v) is 3.88. The van der Waals surface area contributed by atoms with E-state index in [-0.39, 0.29) is 5.69 Å². The first-order chi connectivity index (χ1) is 10.3. The Balaban J connectivity index is 1.76. The monoisotopic (exact) mass is 298 g/mol. The van der Waals surface area contributed by atoms with Gasteiger partial charge in [0.2, 0.25) is 0 Å². The van der Waals surface area contributed by atoms with E-state index in [1.165, 1.54) is 4.68 Å². The summed E-state index contributed by atoms with van der Waals surface area (Å²) in [5.41, 5.74) is 3.62. The number of aromatic nitrogens is 3. The zero-order valence-corrected chi connectivity index (χ0v) is 12.0. The van der Waals surface area contributed by atoms with Crippen LogP contribution >= 0.6 is 11.8 Å². The Bertz CT molecular complexity index is 752. The van der Waals surface area contributed by atoms with Gasteiger partial charge in [-0.15, -0.1) is 11.8 Å². The number of anilines is 1. The van der Waals surface area contributed by atoms with Crippen molar-refractivity contribution in [1.29, 1.82) is 0 Å². The Morgan fingerprint density at radius 3 is 2.43 bits per heavy atom. The summed E-state index contributed by atoms with van der Waals surface area (Å²) >= 11 is 1.63. The van der Waals surface area contributed by atoms with Crippen molar-refractivity contribution in [3.8, 4) is 0 Å². The molecule has 3 rings (SSSR count). The topological polar surface area (TPSA) is 62.7 Å². The SMILES string of the molecule is O=c1[nH]nc(CSc2ccccc2)n1Nc1ccccc1. The van der Waals surface area contributed by atoms with Crippen LogP contribution < -0.4 is 11.1 Å². The molecule has 0 aliphatic heterocycles. The number of nitrogens with one attached hydrogen (secondary N) is 2. The van der Waals surface area contributed by atoms with Gasteiger partial charge in [0.15, 0.2) is 5.82 Å². The molecular formula is C15H14N4OS. The fraction of sp³-hybridized carbons (Fsp3) is 0.0667. The summed E-state index contributed by atoms with van der Waals surface area (Å²) in [6.45, 7) is 0. The fourth-order valence-electron chi connectivity index (χ4n) is 1.85. The quantitative estimate of drug-likeness (QED) is 0.711. The zero-order valence-electron chi connectivity index (χ0n) is 11.2. The molecular weight excluding hydrogens is 284 g/mol. The maximum Gasteiger partial charge on any atom is 0.362 e. The van der Waals surface area contributed by atoms with Gasteiger partial charge >= 0.3 is 5.69 Å². The molecule has 1 aromatic heterocycles. The van der Waals surface area contributed by atoms with Crippen molar-refractivity contribution in [3.05, 3.63) is 77.0 Å². The first-order valence-corrected chi connectivity index (χ1v) is 7.48. The molecule has 0 aliphatic carbocycles. The Morgan fingerprint density at radius 1 is 1.05 bits per heavy atom. The van der Waals surface area contributed by atoms with Gasteiger partial charge < -0.3 is 0 Å². The minimum absolute atomic E-state index is 0.275. The molecule has 0 amide bonds. The lowest BCUT2D eigenvalue weighted by molar-refractivity contribution is 0.854. The van der Waals surface area contributed by atoms with Gasteiger partial charge in [-0.1, -0.05) is 36.4 Å². The second kappa shape index (κ2) is 6.32. The van der Waals surface area contributed by atoms with Gasteiger partial charge in [-0.25, -0.2) is 9.89 Å². The van der Waals surface area contributed by atoms with E-state index >= 15 is 0 Å². The molecule has 0 radical (unpaired) electrons. The molecule has 0 saturated heterocycles. The van der Waals surface area contributed by atoms with Crippen LogP contribution in [0.1, 0.15) is 5.82 Å². The van der Waals surface area contributed by atoms with Gasteiger partial charge in [-0.2, -0.15) is 9.77 Å². The minimum Gasteiger partial charge on any atom is -0.289 e. The molecule has 0 fully saturated rings. The normalized spacial score (nSPS) is 10.5. The Kier molecular flexibility index (Phi) is 4.07. The number of benzene rings is 2. The van der Waals surface area contributed by atoms with Crippen molar-refractivity contribution in [1.82, 2.24) is 14.9 Å². The summed E-state index contributed by atoms with van der Waals surface area (Å²) in [6, 6.07) is 19.6. The summed E-state index contributed by atoms with van der Waals surface area (Å²) < 4.78 is 1.44. The number of para-hydroxylation sites is 1. The van der Waals surface area contributed by atoms with Crippen LogP contribution in [0, 0.1) is 0 Å². The highest BCUT2D eigenvalue weighted by atomic mass is 32.2. The predicted octanol–water partition coefficient (Wildman–Crippen LogP) is 2.74. The molecule has 21 heavy (non-hydrogen) atoms. The number of hydrogen-bond acceptors (Lipinski definition) is 4. The molecule has 2 N–H and O–H groups in total. The zero-order chi connectivity index (χ0) is 14.5. The summed E-state index contributed by atoms with van der Waals surface area (Å²) in [5, 5.41) is 6.54. The molecule has 0 saturated carbocycles. The first kappa shape index (κ1) is 13.5. The van der Waals surface area contributed by atoms with E-state index in [0.29, 0.717) is 11.6 Å². The number of H-pyrrole nitrogens is 1. The molecule has 6 heteroatoms. The second-order valence-corrected chi connectivity index (χ2v) is 5.41. The Morgan fingerprint density at radius 2 is 1.71 bits per heavy atom. The lowest BCUT2D eigenvalue weighted by Gasteiger charge is -2.08. The fourth-order valence-corrected chi connectivity index (χ4v) is 2.69. The van der Waals surface area contributed by atoms with E-state index in [4.69, 9.17) is 0 Å². The molecule has 3 aromatic rings. The van der Waals surface area contributed by atoms with Crippen LogP contribution in [0.15, 0.2) is 70.4 Å². The van der Waals surface area contributed by atoms with E-state index in [9.17, 15) is 4.79 Å². The third kappa shape index (κ3) is 3.35. The van der Waals surface area contributed by atoms with Crippen molar-refractivity contribution in [3.63, 3.8) is 0 Å². The molecule has 106 valence electrons. The number of aromatic amines is 1. The molecule has 5 nitrogen and oxygen atoms in total. The van der Waals surface area contributed by atoms with E-state index in [2.05, 4.69) is 15.6 Å². The lowest BCUT2D eigenvalue weighted by Crippen LogP contribution is -2.25. The summed E-state index contributed by atoms with van der Waals surface area (Å²) in [6.07, 6.45) is 0. The average Bonchev–Trinajstić information content (AvgIpc) is 2.88. The van der Waals surface area contributed by atoms with Crippen LogP contribution in [0.2, 0.25) is 0 Å². The maximum absolute atomic E-state index is 11.8. The highest BCUT2D eigenvalue weighted by molar-refractivity contribution is 7.98. The van der Waals surface area contributed by atoms with Gasteiger partial charge in [-0.3, -0.25) is 5.43 Å². The number of thioether (sulfide) groups is 1. The molecule has 0 unspecified atom stereocenters. The van der Waals surface area contributed by atoms with Crippen molar-refractivity contribution in [2.24, 2.45) is 0 Å². The molecule has 1 heterocycles. The van der Waals surface area contributed by atoms with Gasteiger partial charge in [0.25, 0.3) is 0 Å². The molecule has 0 aliphatic rings. The summed E-state index contributed by atoms with van der Waals surface area (Å²) in [7, 11) is 0. The van der Waals surface area contributed by atoms with Gasteiger partial charge in [-0.05, 0) is 24.3 Å². The van der Waals surface area contributed by atoms with Gasteiger partial charge in [0.1, 0.15) is 0 Å². The van der Waals surface area contributed by atoms with Crippen LogP contribution in [0.25, 0.3) is 0 Å². The molecule has 0 spiro atoms. The number of hydrogen-bond donors (Lipinski definition) is 2. The van der Waals surface area contributed by atoms with Crippen LogP contribution in [0.3, 0.4) is 0 Å². The van der Waals surface area contributed by atoms with E-state index < -0.39 is 0 Å². The van der Waals surface area contributed by atoms with Crippen LogP contribution in [-0.2, 0) is 5.75 Å². The predicted molar refractivity (Wildman–Crippen MR) is 84.3 cm³/mol. The maximum atomic E-state index is 11.8. The van der Waals surface area contributed by atoms with Crippen LogP contribution in [-0.4, -0.2) is 14.9 Å². The van der Waals surface area contributed by atoms with Crippen molar-refractivity contribution in [2.45, 2.75) is 10.6 Å². The lowest BCUT2D eigenvalue weighted by atomic mass is 10.3. The molecule has 0 bridgehead atoms. The van der Waals surface area contributed by atoms with Crippen molar-refractivity contribution < 1.29 is 0 Å². The molecule has 2 aromatic carbocycles. The highest BCUT2D eigenvalue weighted by Gasteiger charge is 2.08. The van der Waals surface area contributed by atoms with Crippen molar-refractivity contribution >= 4 is 17.4 Å².